The number of nitrogens with zero attached hydrogens (tertiary/aromatic N) is 3. The summed E-state index contributed by atoms with van der Waals surface area (Å²) in [5, 5.41) is 12.5. The van der Waals surface area contributed by atoms with Crippen LogP contribution in [0.4, 0.5) is 0 Å². The van der Waals surface area contributed by atoms with Gasteiger partial charge in [0, 0.05) is 60.0 Å². The standard InChI is InChI=1S/C29H28N3O.C15H28O2.Ir/c1-18(2)12-21-16-33-28-23(10-11-30-27(21)28)26-15-25(31-17-32-26)20-13-19-8-6-7-9-22(19)24(14-20)29(3,4)5;1-7-14(5,8-2)12(16)11-13(17)15(6,9-3)10-4;/h6-11,14-18H,12H2,1-5H3;11,16H,7-10H2,1-6H3;/q-1;;/b;12-11-;. The summed E-state index contributed by atoms with van der Waals surface area (Å²) in [6, 6.07) is 18.2. The van der Waals surface area contributed by atoms with Crippen LogP contribution >= 0.6 is 0 Å². The number of aliphatic hydroxyl groups excluding tert-OH is 1. The summed E-state index contributed by atoms with van der Waals surface area (Å²) in [7, 11) is 0. The Morgan fingerprint density at radius 1 is 0.882 bits per heavy atom. The Hall–Kier alpha value is -3.67. The monoisotopic (exact) mass is 867 g/mol. The second-order valence-corrected chi connectivity index (χ2v) is 15.5. The summed E-state index contributed by atoms with van der Waals surface area (Å²) in [6.45, 7) is 23.2. The number of aromatic nitrogens is 3. The minimum atomic E-state index is -0.337. The summed E-state index contributed by atoms with van der Waals surface area (Å²) in [5.74, 6) is 0.816. The second-order valence-electron chi connectivity index (χ2n) is 15.5. The van der Waals surface area contributed by atoms with Gasteiger partial charge in [-0.25, -0.2) is 4.98 Å². The van der Waals surface area contributed by atoms with Crippen molar-refractivity contribution in [1.82, 2.24) is 15.0 Å². The number of benzene rings is 2. The van der Waals surface area contributed by atoms with E-state index in [1.807, 2.05) is 66.1 Å². The van der Waals surface area contributed by atoms with E-state index >= 15 is 0 Å². The molecule has 0 amide bonds. The van der Waals surface area contributed by atoms with E-state index in [9.17, 15) is 9.90 Å². The number of carbonyl (C=O) groups excluding carboxylic acids is 1. The number of allylic oxidation sites excluding steroid dienone is 2. The van der Waals surface area contributed by atoms with Crippen molar-refractivity contribution in [2.45, 2.75) is 114 Å². The summed E-state index contributed by atoms with van der Waals surface area (Å²) in [5.41, 5.74) is 7.04. The number of furan rings is 1. The molecule has 3 aromatic heterocycles. The maximum Gasteiger partial charge on any atom is 0.164 e. The van der Waals surface area contributed by atoms with E-state index in [-0.39, 0.29) is 47.9 Å². The number of aliphatic hydroxyl groups is 1. The topological polar surface area (TPSA) is 89.1 Å². The molecule has 0 aliphatic carbocycles. The van der Waals surface area contributed by atoms with Crippen molar-refractivity contribution in [3.05, 3.63) is 90.3 Å². The van der Waals surface area contributed by atoms with E-state index in [0.717, 1.165) is 76.7 Å². The fourth-order valence-electron chi connectivity index (χ4n) is 6.09. The number of hydrogen-bond donors (Lipinski definition) is 1. The van der Waals surface area contributed by atoms with E-state index in [4.69, 9.17) is 4.42 Å². The van der Waals surface area contributed by atoms with Crippen LogP contribution in [0.15, 0.2) is 77.5 Å². The maximum atomic E-state index is 12.2. The van der Waals surface area contributed by atoms with Gasteiger partial charge in [-0.1, -0.05) is 105 Å². The molecule has 1 radical (unpaired) electrons. The first-order valence-electron chi connectivity index (χ1n) is 18.2. The molecule has 51 heavy (non-hydrogen) atoms. The maximum absolute atomic E-state index is 12.2. The normalized spacial score (nSPS) is 12.5. The van der Waals surface area contributed by atoms with Gasteiger partial charge in [0.05, 0.1) is 12.0 Å². The average molecular weight is 867 g/mol. The molecule has 0 aliphatic heterocycles. The van der Waals surface area contributed by atoms with Gasteiger partial charge in [-0.3, -0.25) is 14.8 Å². The molecule has 0 spiro atoms. The third-order valence-corrected chi connectivity index (χ3v) is 10.6. The molecule has 1 N–H and O–H groups in total. The van der Waals surface area contributed by atoms with Crippen LogP contribution in [0.1, 0.15) is 113 Å². The fraction of sp³-hybridized carbons (Fsp3) is 0.455. The van der Waals surface area contributed by atoms with Gasteiger partial charge in [-0.15, -0.1) is 29.1 Å². The van der Waals surface area contributed by atoms with Crippen molar-refractivity contribution in [3.8, 4) is 22.5 Å². The number of rotatable bonds is 11. The van der Waals surface area contributed by atoms with Crippen molar-refractivity contribution in [2.24, 2.45) is 16.7 Å². The zero-order chi connectivity index (χ0) is 36.9. The van der Waals surface area contributed by atoms with Gasteiger partial charge in [0.25, 0.3) is 0 Å². The predicted octanol–water partition coefficient (Wildman–Crippen LogP) is 12.0. The molecule has 0 saturated heterocycles. The number of carbonyl (C=O) groups is 1. The van der Waals surface area contributed by atoms with E-state index in [0.29, 0.717) is 5.92 Å². The quantitative estimate of drug-likeness (QED) is 0.0808. The third-order valence-electron chi connectivity index (χ3n) is 10.6. The summed E-state index contributed by atoms with van der Waals surface area (Å²) in [6.07, 6.45) is 11.0. The zero-order valence-electron chi connectivity index (χ0n) is 32.4. The van der Waals surface area contributed by atoms with Gasteiger partial charge >= 0.3 is 0 Å². The number of ketones is 1. The fourth-order valence-corrected chi connectivity index (χ4v) is 6.09. The molecule has 3 heterocycles. The minimum Gasteiger partial charge on any atom is -0.512 e. The molecule has 0 atom stereocenters. The van der Waals surface area contributed by atoms with Crippen molar-refractivity contribution >= 4 is 27.7 Å². The molecule has 6 nitrogen and oxygen atoms in total. The van der Waals surface area contributed by atoms with E-state index in [2.05, 4.69) is 86.0 Å². The van der Waals surface area contributed by atoms with Crippen LogP contribution in [0.5, 0.6) is 0 Å². The first-order valence-corrected chi connectivity index (χ1v) is 18.2. The van der Waals surface area contributed by atoms with Crippen LogP contribution in [0.3, 0.4) is 0 Å². The minimum absolute atomic E-state index is 0. The molecule has 7 heteroatoms. The van der Waals surface area contributed by atoms with Crippen LogP contribution in [-0.2, 0) is 36.7 Å². The molecule has 5 rings (SSSR count). The number of pyridine rings is 1. The van der Waals surface area contributed by atoms with Gasteiger partial charge in [-0.05, 0) is 55.6 Å². The van der Waals surface area contributed by atoms with E-state index < -0.39 is 0 Å². The SMILES string of the molecule is CC(C)Cc1coc2c(-c3cc(-c4[c-]c5ccccc5c(C(C)(C)C)c4)ncn3)ccnc12.CCC(C)(CC)C(=O)/C=C(\O)C(C)(CC)CC.[Ir]. The Balaban J connectivity index is 0.000000335. The van der Waals surface area contributed by atoms with Gasteiger partial charge in [0.1, 0.15) is 17.6 Å². The third kappa shape index (κ3) is 9.42. The van der Waals surface area contributed by atoms with Crippen molar-refractivity contribution in [1.29, 1.82) is 0 Å². The summed E-state index contributed by atoms with van der Waals surface area (Å²) >= 11 is 0. The Labute approximate surface area is 319 Å². The zero-order valence-corrected chi connectivity index (χ0v) is 34.8. The van der Waals surface area contributed by atoms with Crippen LogP contribution in [0.2, 0.25) is 0 Å². The van der Waals surface area contributed by atoms with E-state index in [1.54, 1.807) is 6.33 Å². The summed E-state index contributed by atoms with van der Waals surface area (Å²) < 4.78 is 5.97. The molecule has 0 unspecified atom stereocenters. The Bertz CT molecular complexity index is 1960. The van der Waals surface area contributed by atoms with Crippen LogP contribution in [-0.4, -0.2) is 25.8 Å². The van der Waals surface area contributed by atoms with E-state index in [1.165, 1.54) is 17.0 Å². The van der Waals surface area contributed by atoms with Crippen molar-refractivity contribution in [2.75, 3.05) is 0 Å². The molecule has 0 bridgehead atoms. The molecular formula is C44H56IrN3O3-. The molecule has 275 valence electrons. The largest absolute Gasteiger partial charge is 0.512 e. The van der Waals surface area contributed by atoms with Crippen LogP contribution in [0, 0.1) is 22.8 Å². The molecule has 0 aliphatic rings. The number of hydrogen-bond acceptors (Lipinski definition) is 6. The smallest absolute Gasteiger partial charge is 0.164 e. The number of fused-ring (bicyclic) bond motifs is 2. The first-order chi connectivity index (χ1) is 23.6. The van der Waals surface area contributed by atoms with Gasteiger partial charge in [0.15, 0.2) is 11.4 Å². The molecule has 0 saturated carbocycles. The van der Waals surface area contributed by atoms with Crippen LogP contribution < -0.4 is 0 Å². The van der Waals surface area contributed by atoms with Crippen molar-refractivity contribution < 1.29 is 34.4 Å². The molecular weight excluding hydrogens is 811 g/mol. The predicted molar refractivity (Wildman–Crippen MR) is 207 cm³/mol. The average Bonchev–Trinajstić information content (AvgIpc) is 3.52. The van der Waals surface area contributed by atoms with Gasteiger partial charge in [0.2, 0.25) is 0 Å². The van der Waals surface area contributed by atoms with Crippen LogP contribution in [0.25, 0.3) is 44.4 Å². The first kappa shape index (κ1) is 41.7. The van der Waals surface area contributed by atoms with Gasteiger partial charge in [-0.2, -0.15) is 0 Å². The molecule has 2 aromatic carbocycles. The molecule has 5 aromatic rings. The molecule has 0 fully saturated rings. The Morgan fingerprint density at radius 3 is 2.12 bits per heavy atom. The Kier molecular flexibility index (Phi) is 14.1. The van der Waals surface area contributed by atoms with Crippen molar-refractivity contribution in [3.63, 3.8) is 0 Å². The second kappa shape index (κ2) is 17.2. The van der Waals surface area contributed by atoms with Gasteiger partial charge < -0.3 is 9.52 Å². The summed E-state index contributed by atoms with van der Waals surface area (Å²) in [4.78, 5) is 25.9. The Morgan fingerprint density at radius 2 is 1.51 bits per heavy atom.